The van der Waals surface area contributed by atoms with Crippen LogP contribution >= 0.6 is 0 Å². The lowest BCUT2D eigenvalue weighted by molar-refractivity contribution is -0.130. The van der Waals surface area contributed by atoms with Crippen LogP contribution < -0.4 is 4.74 Å². The number of amides is 1. The van der Waals surface area contributed by atoms with Crippen molar-refractivity contribution in [2.45, 2.75) is 25.8 Å². The molecular weight excluding hydrogens is 316 g/mol. The van der Waals surface area contributed by atoms with E-state index in [-0.39, 0.29) is 25.4 Å². The number of ether oxygens (including phenoxy) is 1. The van der Waals surface area contributed by atoms with E-state index in [9.17, 15) is 13.2 Å². The smallest absolute Gasteiger partial charge is 0.223 e. The summed E-state index contributed by atoms with van der Waals surface area (Å²) in [6, 6.07) is 7.31. The summed E-state index contributed by atoms with van der Waals surface area (Å²) in [5.41, 5.74) is 0.786. The van der Waals surface area contributed by atoms with Gasteiger partial charge >= 0.3 is 0 Å². The van der Waals surface area contributed by atoms with Crippen LogP contribution in [0.5, 0.6) is 5.75 Å². The molecule has 1 fully saturated rings. The Bertz CT molecular complexity index is 639. The average molecular weight is 340 g/mol. The normalized spacial score (nSPS) is 15.2. The van der Waals surface area contributed by atoms with Crippen molar-refractivity contribution in [2.75, 3.05) is 33.0 Å². The molecule has 0 unspecified atom stereocenters. The van der Waals surface area contributed by atoms with Crippen molar-refractivity contribution >= 4 is 15.9 Å². The van der Waals surface area contributed by atoms with Gasteiger partial charge in [-0.05, 0) is 18.9 Å². The molecule has 1 aromatic carbocycles. The molecule has 7 heteroatoms. The van der Waals surface area contributed by atoms with Gasteiger partial charge in [0.15, 0.2) is 0 Å². The summed E-state index contributed by atoms with van der Waals surface area (Å²) in [6.45, 7) is 1.96. The number of carbonyl (C=O) groups is 1. The number of rotatable bonds is 7. The molecule has 1 heterocycles. The molecule has 6 nitrogen and oxygen atoms in total. The molecule has 0 atom stereocenters. The molecule has 128 valence electrons. The fourth-order valence-corrected chi connectivity index (χ4v) is 3.53. The Morgan fingerprint density at radius 2 is 1.91 bits per heavy atom. The molecule has 0 spiro atoms. The largest absolute Gasteiger partial charge is 0.496 e. The van der Waals surface area contributed by atoms with E-state index >= 15 is 0 Å². The molecule has 1 aromatic rings. The van der Waals surface area contributed by atoms with Crippen molar-refractivity contribution in [3.63, 3.8) is 0 Å². The van der Waals surface area contributed by atoms with Crippen LogP contribution in [0, 0.1) is 0 Å². The van der Waals surface area contributed by atoms with Crippen LogP contribution in [0.4, 0.5) is 0 Å². The highest BCUT2D eigenvalue weighted by molar-refractivity contribution is 7.88. The maximum Gasteiger partial charge on any atom is 0.223 e. The van der Waals surface area contributed by atoms with Crippen LogP contribution in [-0.4, -0.2) is 56.5 Å². The van der Waals surface area contributed by atoms with E-state index in [1.165, 1.54) is 10.6 Å². The topological polar surface area (TPSA) is 66.9 Å². The molecule has 1 aliphatic rings. The van der Waals surface area contributed by atoms with E-state index in [2.05, 4.69) is 0 Å². The molecule has 2 rings (SSSR count). The van der Waals surface area contributed by atoms with Gasteiger partial charge in [-0.3, -0.25) is 4.79 Å². The van der Waals surface area contributed by atoms with Gasteiger partial charge in [0.25, 0.3) is 0 Å². The SMILES string of the molecule is COc1ccccc1CN(CCC(=O)N1CCCC1)S(C)(=O)=O. The predicted octanol–water partition coefficient (Wildman–Crippen LogP) is 1.47. The van der Waals surface area contributed by atoms with Crippen molar-refractivity contribution in [2.24, 2.45) is 0 Å². The highest BCUT2D eigenvalue weighted by Gasteiger charge is 2.23. The van der Waals surface area contributed by atoms with Crippen molar-refractivity contribution < 1.29 is 17.9 Å². The van der Waals surface area contributed by atoms with Crippen molar-refractivity contribution in [1.82, 2.24) is 9.21 Å². The Hall–Kier alpha value is -1.60. The summed E-state index contributed by atoms with van der Waals surface area (Å²) in [7, 11) is -1.84. The van der Waals surface area contributed by atoms with Crippen LogP contribution in [-0.2, 0) is 21.4 Å². The summed E-state index contributed by atoms with van der Waals surface area (Å²) in [6.07, 6.45) is 3.44. The van der Waals surface area contributed by atoms with E-state index in [4.69, 9.17) is 4.74 Å². The second kappa shape index (κ2) is 7.79. The molecular formula is C16H24N2O4S. The quantitative estimate of drug-likeness (QED) is 0.754. The van der Waals surface area contributed by atoms with Gasteiger partial charge < -0.3 is 9.64 Å². The molecule has 0 radical (unpaired) electrons. The first-order chi connectivity index (χ1) is 10.9. The highest BCUT2D eigenvalue weighted by atomic mass is 32.2. The van der Waals surface area contributed by atoms with Crippen LogP contribution in [0.2, 0.25) is 0 Å². The van der Waals surface area contributed by atoms with Gasteiger partial charge in [0.2, 0.25) is 15.9 Å². The van der Waals surface area contributed by atoms with Crippen LogP contribution in [0.3, 0.4) is 0 Å². The monoisotopic (exact) mass is 340 g/mol. The number of carbonyl (C=O) groups excluding carboxylic acids is 1. The molecule has 0 saturated carbocycles. The Morgan fingerprint density at radius 3 is 2.52 bits per heavy atom. The Labute approximate surface area is 138 Å². The Balaban J connectivity index is 2.04. The minimum absolute atomic E-state index is 0.0242. The third-order valence-corrected chi connectivity index (χ3v) is 5.29. The van der Waals surface area contributed by atoms with E-state index in [0.29, 0.717) is 5.75 Å². The minimum atomic E-state index is -3.40. The fourth-order valence-electron chi connectivity index (χ4n) is 2.73. The Kier molecular flexibility index (Phi) is 6.01. The molecule has 1 saturated heterocycles. The summed E-state index contributed by atoms with van der Waals surface area (Å²) in [4.78, 5) is 13.9. The number of hydrogen-bond donors (Lipinski definition) is 0. The molecule has 0 aromatic heterocycles. The number of methoxy groups -OCH3 is 1. The standard InChI is InChI=1S/C16H24N2O4S/c1-22-15-8-4-3-7-14(15)13-18(23(2,20)21)12-9-16(19)17-10-5-6-11-17/h3-4,7-8H,5-6,9-13H2,1-2H3. The lowest BCUT2D eigenvalue weighted by atomic mass is 10.2. The number of benzene rings is 1. The van der Waals surface area contributed by atoms with Gasteiger partial charge in [-0.2, -0.15) is 4.31 Å². The van der Waals surface area contributed by atoms with Crippen molar-refractivity contribution in [3.05, 3.63) is 29.8 Å². The summed E-state index contributed by atoms with van der Waals surface area (Å²) >= 11 is 0. The van der Waals surface area contributed by atoms with Gasteiger partial charge in [0, 0.05) is 38.2 Å². The summed E-state index contributed by atoms with van der Waals surface area (Å²) < 4.78 is 30.7. The second-order valence-corrected chi connectivity index (χ2v) is 7.73. The first-order valence-corrected chi connectivity index (χ1v) is 9.61. The number of likely N-dealkylation sites (tertiary alicyclic amines) is 1. The van der Waals surface area contributed by atoms with Gasteiger partial charge in [-0.15, -0.1) is 0 Å². The van der Waals surface area contributed by atoms with E-state index < -0.39 is 10.0 Å². The van der Waals surface area contributed by atoms with Gasteiger partial charge in [-0.1, -0.05) is 18.2 Å². The predicted molar refractivity (Wildman–Crippen MR) is 88.7 cm³/mol. The maximum atomic E-state index is 12.1. The number of sulfonamides is 1. The number of nitrogens with zero attached hydrogens (tertiary/aromatic N) is 2. The first kappa shape index (κ1) is 17.7. The Morgan fingerprint density at radius 1 is 1.26 bits per heavy atom. The van der Waals surface area contributed by atoms with Crippen LogP contribution in [0.1, 0.15) is 24.8 Å². The van der Waals surface area contributed by atoms with Gasteiger partial charge in [-0.25, -0.2) is 8.42 Å². The van der Waals surface area contributed by atoms with E-state index in [1.807, 2.05) is 23.1 Å². The third kappa shape index (κ3) is 4.94. The van der Waals surface area contributed by atoms with E-state index in [1.54, 1.807) is 13.2 Å². The zero-order valence-corrected chi connectivity index (χ0v) is 14.5. The molecule has 23 heavy (non-hydrogen) atoms. The average Bonchev–Trinajstić information content (AvgIpc) is 3.04. The molecule has 1 amide bonds. The second-order valence-electron chi connectivity index (χ2n) is 5.75. The van der Waals surface area contributed by atoms with Crippen LogP contribution in [0.25, 0.3) is 0 Å². The van der Waals surface area contributed by atoms with Crippen molar-refractivity contribution in [3.8, 4) is 5.75 Å². The summed E-state index contributed by atoms with van der Waals surface area (Å²) in [5.74, 6) is 0.670. The van der Waals surface area contributed by atoms with Crippen LogP contribution in [0.15, 0.2) is 24.3 Å². The van der Waals surface area contributed by atoms with Gasteiger partial charge in [0.05, 0.1) is 13.4 Å². The zero-order valence-electron chi connectivity index (χ0n) is 13.7. The lowest BCUT2D eigenvalue weighted by Crippen LogP contribution is -2.35. The number of para-hydroxylation sites is 1. The first-order valence-electron chi connectivity index (χ1n) is 7.76. The zero-order chi connectivity index (χ0) is 16.9. The lowest BCUT2D eigenvalue weighted by Gasteiger charge is -2.22. The van der Waals surface area contributed by atoms with Crippen molar-refractivity contribution in [1.29, 1.82) is 0 Å². The summed E-state index contributed by atoms with van der Waals surface area (Å²) in [5, 5.41) is 0. The fraction of sp³-hybridized carbons (Fsp3) is 0.562. The third-order valence-electron chi connectivity index (χ3n) is 4.04. The molecule has 1 aliphatic heterocycles. The highest BCUT2D eigenvalue weighted by Crippen LogP contribution is 2.21. The maximum absolute atomic E-state index is 12.1. The molecule has 0 aliphatic carbocycles. The molecule has 0 N–H and O–H groups in total. The van der Waals surface area contributed by atoms with Gasteiger partial charge in [0.1, 0.15) is 5.75 Å². The minimum Gasteiger partial charge on any atom is -0.496 e. The number of hydrogen-bond acceptors (Lipinski definition) is 4. The molecule has 0 bridgehead atoms. The van der Waals surface area contributed by atoms with E-state index in [0.717, 1.165) is 31.5 Å².